The van der Waals surface area contributed by atoms with Gasteiger partial charge in [0.15, 0.2) is 0 Å². The van der Waals surface area contributed by atoms with E-state index < -0.39 is 0 Å². The Labute approximate surface area is 73.8 Å². The Hall–Kier alpha value is -0.830. The molecule has 1 rings (SSSR count). The molecule has 0 saturated carbocycles. The first-order valence-corrected chi connectivity index (χ1v) is 4.46. The molecular weight excluding hydrogens is 150 g/mol. The quantitative estimate of drug-likeness (QED) is 0.736. The van der Waals surface area contributed by atoms with Crippen LogP contribution < -0.4 is 5.32 Å². The lowest BCUT2D eigenvalue weighted by Gasteiger charge is -2.09. The maximum absolute atomic E-state index is 4.12. The van der Waals surface area contributed by atoms with Gasteiger partial charge in [0, 0.05) is 24.8 Å². The molecule has 1 heterocycles. The fourth-order valence-electron chi connectivity index (χ4n) is 1.14. The van der Waals surface area contributed by atoms with Gasteiger partial charge in [-0.3, -0.25) is 4.68 Å². The van der Waals surface area contributed by atoms with Crippen molar-refractivity contribution < 1.29 is 0 Å². The molecule has 1 unspecified atom stereocenters. The molecule has 1 N–H and O–H groups in total. The van der Waals surface area contributed by atoms with Crippen LogP contribution in [0.3, 0.4) is 0 Å². The third-order valence-corrected chi connectivity index (χ3v) is 1.93. The SMILES string of the molecule is CCCNC(C)c1cnn(C)c1. The summed E-state index contributed by atoms with van der Waals surface area (Å²) in [7, 11) is 1.94. The smallest absolute Gasteiger partial charge is 0.0537 e. The minimum absolute atomic E-state index is 0.415. The van der Waals surface area contributed by atoms with Gasteiger partial charge in [-0.2, -0.15) is 5.10 Å². The van der Waals surface area contributed by atoms with Crippen LogP contribution in [0.2, 0.25) is 0 Å². The monoisotopic (exact) mass is 167 g/mol. The zero-order chi connectivity index (χ0) is 8.97. The Morgan fingerprint density at radius 2 is 2.42 bits per heavy atom. The van der Waals surface area contributed by atoms with Crippen LogP contribution in [0.15, 0.2) is 12.4 Å². The molecule has 0 radical (unpaired) electrons. The first kappa shape index (κ1) is 9.26. The van der Waals surface area contributed by atoms with E-state index >= 15 is 0 Å². The van der Waals surface area contributed by atoms with E-state index in [1.165, 1.54) is 12.0 Å². The minimum Gasteiger partial charge on any atom is -0.310 e. The van der Waals surface area contributed by atoms with Crippen molar-refractivity contribution in [1.29, 1.82) is 0 Å². The molecule has 68 valence electrons. The summed E-state index contributed by atoms with van der Waals surface area (Å²) in [6.07, 6.45) is 5.13. The summed E-state index contributed by atoms with van der Waals surface area (Å²) in [5, 5.41) is 7.53. The summed E-state index contributed by atoms with van der Waals surface area (Å²) in [4.78, 5) is 0. The van der Waals surface area contributed by atoms with Crippen molar-refractivity contribution >= 4 is 0 Å². The second kappa shape index (κ2) is 4.26. The Morgan fingerprint density at radius 3 is 2.92 bits per heavy atom. The van der Waals surface area contributed by atoms with E-state index in [1.54, 1.807) is 0 Å². The van der Waals surface area contributed by atoms with Crippen molar-refractivity contribution in [1.82, 2.24) is 15.1 Å². The zero-order valence-corrected chi connectivity index (χ0v) is 8.04. The van der Waals surface area contributed by atoms with Gasteiger partial charge in [-0.25, -0.2) is 0 Å². The normalized spacial score (nSPS) is 13.2. The summed E-state index contributed by atoms with van der Waals surface area (Å²) < 4.78 is 1.83. The van der Waals surface area contributed by atoms with Gasteiger partial charge in [0.25, 0.3) is 0 Å². The van der Waals surface area contributed by atoms with Crippen molar-refractivity contribution in [2.75, 3.05) is 6.54 Å². The summed E-state index contributed by atoms with van der Waals surface area (Å²) in [5.41, 5.74) is 1.26. The second-order valence-corrected chi connectivity index (χ2v) is 3.12. The molecule has 0 aliphatic carbocycles. The van der Waals surface area contributed by atoms with Crippen molar-refractivity contribution in [2.24, 2.45) is 7.05 Å². The average Bonchev–Trinajstić information content (AvgIpc) is 2.47. The molecule has 3 heteroatoms. The molecule has 1 aromatic rings. The van der Waals surface area contributed by atoms with E-state index in [9.17, 15) is 0 Å². The standard InChI is InChI=1S/C9H17N3/c1-4-5-10-8(2)9-6-11-12(3)7-9/h6-8,10H,4-5H2,1-3H3. The summed E-state index contributed by atoms with van der Waals surface area (Å²) in [6, 6.07) is 0.415. The molecule has 0 aliphatic heterocycles. The average molecular weight is 167 g/mol. The predicted octanol–water partition coefficient (Wildman–Crippen LogP) is 1.48. The fourth-order valence-corrected chi connectivity index (χ4v) is 1.14. The molecule has 0 bridgehead atoms. The lowest BCUT2D eigenvalue weighted by Crippen LogP contribution is -2.18. The molecule has 0 fully saturated rings. The first-order chi connectivity index (χ1) is 5.74. The third kappa shape index (κ3) is 2.34. The number of nitrogens with zero attached hydrogens (tertiary/aromatic N) is 2. The van der Waals surface area contributed by atoms with Crippen molar-refractivity contribution in [3.8, 4) is 0 Å². The summed E-state index contributed by atoms with van der Waals surface area (Å²) in [6.45, 7) is 5.39. The number of rotatable bonds is 4. The van der Waals surface area contributed by atoms with E-state index in [1.807, 2.05) is 24.1 Å². The van der Waals surface area contributed by atoms with Gasteiger partial charge in [0.05, 0.1) is 6.20 Å². The molecule has 0 amide bonds. The van der Waals surface area contributed by atoms with E-state index in [0.717, 1.165) is 6.54 Å². The molecule has 0 aliphatic rings. The van der Waals surface area contributed by atoms with Gasteiger partial charge < -0.3 is 5.32 Å². The number of hydrogen-bond acceptors (Lipinski definition) is 2. The van der Waals surface area contributed by atoms with Crippen LogP contribution in [-0.2, 0) is 7.05 Å². The Kier molecular flexibility index (Phi) is 3.29. The van der Waals surface area contributed by atoms with Gasteiger partial charge in [-0.15, -0.1) is 0 Å². The van der Waals surface area contributed by atoms with Gasteiger partial charge in [0.2, 0.25) is 0 Å². The van der Waals surface area contributed by atoms with Crippen molar-refractivity contribution in [2.45, 2.75) is 26.3 Å². The predicted molar refractivity (Wildman–Crippen MR) is 49.9 cm³/mol. The molecule has 0 saturated heterocycles. The molecule has 1 aromatic heterocycles. The molecule has 12 heavy (non-hydrogen) atoms. The maximum atomic E-state index is 4.12. The topological polar surface area (TPSA) is 29.9 Å². The van der Waals surface area contributed by atoms with Crippen LogP contribution in [0.25, 0.3) is 0 Å². The maximum Gasteiger partial charge on any atom is 0.0537 e. The van der Waals surface area contributed by atoms with Crippen LogP contribution >= 0.6 is 0 Å². The van der Waals surface area contributed by atoms with Crippen LogP contribution in [0, 0.1) is 0 Å². The largest absolute Gasteiger partial charge is 0.310 e. The molecule has 0 aromatic carbocycles. The van der Waals surface area contributed by atoms with Crippen molar-refractivity contribution in [3.63, 3.8) is 0 Å². The highest BCUT2D eigenvalue weighted by molar-refractivity contribution is 5.08. The van der Waals surface area contributed by atoms with E-state index in [2.05, 4.69) is 24.3 Å². The highest BCUT2D eigenvalue weighted by Crippen LogP contribution is 2.09. The van der Waals surface area contributed by atoms with Crippen LogP contribution in [0.1, 0.15) is 31.9 Å². The van der Waals surface area contributed by atoms with Gasteiger partial charge in [0.1, 0.15) is 0 Å². The summed E-state index contributed by atoms with van der Waals surface area (Å²) in [5.74, 6) is 0. The lowest BCUT2D eigenvalue weighted by molar-refractivity contribution is 0.570. The number of aromatic nitrogens is 2. The number of nitrogens with one attached hydrogen (secondary N) is 1. The van der Waals surface area contributed by atoms with Gasteiger partial charge in [-0.1, -0.05) is 6.92 Å². The lowest BCUT2D eigenvalue weighted by atomic mass is 10.2. The van der Waals surface area contributed by atoms with Gasteiger partial charge in [-0.05, 0) is 19.9 Å². The molecule has 0 spiro atoms. The Balaban J connectivity index is 2.47. The van der Waals surface area contributed by atoms with Gasteiger partial charge >= 0.3 is 0 Å². The fraction of sp³-hybridized carbons (Fsp3) is 0.667. The first-order valence-electron chi connectivity index (χ1n) is 4.46. The van der Waals surface area contributed by atoms with E-state index in [4.69, 9.17) is 0 Å². The molecule has 3 nitrogen and oxygen atoms in total. The molecule has 1 atom stereocenters. The van der Waals surface area contributed by atoms with E-state index in [-0.39, 0.29) is 0 Å². The highest BCUT2D eigenvalue weighted by atomic mass is 15.2. The highest BCUT2D eigenvalue weighted by Gasteiger charge is 2.04. The van der Waals surface area contributed by atoms with E-state index in [0.29, 0.717) is 6.04 Å². The minimum atomic E-state index is 0.415. The van der Waals surface area contributed by atoms with Crippen molar-refractivity contribution in [3.05, 3.63) is 18.0 Å². The van der Waals surface area contributed by atoms with Crippen LogP contribution in [0.4, 0.5) is 0 Å². The second-order valence-electron chi connectivity index (χ2n) is 3.12. The third-order valence-electron chi connectivity index (χ3n) is 1.93. The Morgan fingerprint density at radius 1 is 1.67 bits per heavy atom. The Bertz CT molecular complexity index is 229. The van der Waals surface area contributed by atoms with Crippen LogP contribution in [-0.4, -0.2) is 16.3 Å². The zero-order valence-electron chi connectivity index (χ0n) is 8.04. The molecular formula is C9H17N3. The number of aryl methyl sites for hydroxylation is 1. The summed E-state index contributed by atoms with van der Waals surface area (Å²) >= 11 is 0. The number of hydrogen-bond donors (Lipinski definition) is 1. The van der Waals surface area contributed by atoms with Crippen LogP contribution in [0.5, 0.6) is 0 Å².